The van der Waals surface area contributed by atoms with E-state index >= 15 is 0 Å². The monoisotopic (exact) mass is 216 g/mol. The zero-order valence-corrected chi connectivity index (χ0v) is 9.82. The molecule has 0 aliphatic heterocycles. The van der Waals surface area contributed by atoms with Crippen molar-refractivity contribution in [1.29, 1.82) is 5.26 Å². The Hall–Kier alpha value is -1.82. The number of hydrogen-bond donors (Lipinski definition) is 1. The summed E-state index contributed by atoms with van der Waals surface area (Å²) < 4.78 is 0. The van der Waals surface area contributed by atoms with Crippen LogP contribution >= 0.6 is 0 Å². The number of carbonyl (C=O) groups excluding carboxylic acids is 1. The van der Waals surface area contributed by atoms with Crippen LogP contribution in [0.2, 0.25) is 0 Å². The van der Waals surface area contributed by atoms with Gasteiger partial charge in [-0.2, -0.15) is 5.26 Å². The maximum atomic E-state index is 11.5. The molecule has 0 saturated carbocycles. The van der Waals surface area contributed by atoms with Crippen molar-refractivity contribution in [2.75, 3.05) is 0 Å². The van der Waals surface area contributed by atoms with E-state index in [0.717, 1.165) is 11.1 Å². The minimum atomic E-state index is -0.605. The summed E-state index contributed by atoms with van der Waals surface area (Å²) in [5.41, 5.74) is 2.22. The Morgan fingerprint density at radius 2 is 2.00 bits per heavy atom. The molecule has 0 heterocycles. The average Bonchev–Trinajstić information content (AvgIpc) is 2.28. The molecule has 0 saturated heterocycles. The Bertz CT molecular complexity index is 420. The quantitative estimate of drug-likeness (QED) is 0.843. The molecule has 84 valence electrons. The van der Waals surface area contributed by atoms with Crippen LogP contribution in [0.3, 0.4) is 0 Å². The molecule has 2 atom stereocenters. The van der Waals surface area contributed by atoms with E-state index in [1.807, 2.05) is 44.2 Å². The third-order valence-electron chi connectivity index (χ3n) is 2.60. The minimum Gasteiger partial charge on any atom is -0.348 e. The normalized spacial score (nSPS) is 13.6. The van der Waals surface area contributed by atoms with E-state index < -0.39 is 5.92 Å². The average molecular weight is 216 g/mol. The fourth-order valence-corrected chi connectivity index (χ4v) is 1.55. The molecule has 0 unspecified atom stereocenters. The Labute approximate surface area is 96.1 Å². The maximum absolute atomic E-state index is 11.5. The van der Waals surface area contributed by atoms with Crippen LogP contribution in [0.25, 0.3) is 0 Å². The lowest BCUT2D eigenvalue weighted by Crippen LogP contribution is -2.31. The van der Waals surface area contributed by atoms with Crippen molar-refractivity contribution in [1.82, 2.24) is 5.32 Å². The predicted molar refractivity (Wildman–Crippen MR) is 62.5 cm³/mol. The Morgan fingerprint density at radius 3 is 2.56 bits per heavy atom. The van der Waals surface area contributed by atoms with Gasteiger partial charge < -0.3 is 5.32 Å². The van der Waals surface area contributed by atoms with E-state index in [1.54, 1.807) is 6.92 Å². The van der Waals surface area contributed by atoms with Gasteiger partial charge in [0.1, 0.15) is 5.92 Å². The molecule has 16 heavy (non-hydrogen) atoms. The molecular weight excluding hydrogens is 200 g/mol. The van der Waals surface area contributed by atoms with Gasteiger partial charge >= 0.3 is 0 Å². The molecule has 1 aromatic rings. The summed E-state index contributed by atoms with van der Waals surface area (Å²) in [6.07, 6.45) is 0. The van der Waals surface area contributed by atoms with Gasteiger partial charge in [-0.3, -0.25) is 4.79 Å². The molecule has 1 amide bonds. The van der Waals surface area contributed by atoms with Gasteiger partial charge in [-0.15, -0.1) is 0 Å². The van der Waals surface area contributed by atoms with Gasteiger partial charge in [0.15, 0.2) is 0 Å². The second kappa shape index (κ2) is 5.32. The summed E-state index contributed by atoms with van der Waals surface area (Å²) in [5, 5.41) is 11.5. The van der Waals surface area contributed by atoms with Gasteiger partial charge in [0, 0.05) is 0 Å². The number of nitriles is 1. The molecular formula is C13H16N2O. The summed E-state index contributed by atoms with van der Waals surface area (Å²) in [4.78, 5) is 11.5. The predicted octanol–water partition coefficient (Wildman–Crippen LogP) is 2.33. The van der Waals surface area contributed by atoms with Crippen molar-refractivity contribution in [3.63, 3.8) is 0 Å². The lowest BCUT2D eigenvalue weighted by Gasteiger charge is -2.17. The Kier molecular flexibility index (Phi) is 4.07. The van der Waals surface area contributed by atoms with Gasteiger partial charge in [-0.1, -0.05) is 24.3 Å². The highest BCUT2D eigenvalue weighted by atomic mass is 16.1. The SMILES string of the molecule is Cc1ccccc1[C@H](C)NC(=O)[C@H](C)C#N. The number of amides is 1. The van der Waals surface area contributed by atoms with E-state index in [4.69, 9.17) is 5.26 Å². The number of nitrogens with one attached hydrogen (secondary N) is 1. The van der Waals surface area contributed by atoms with Crippen molar-refractivity contribution in [3.05, 3.63) is 35.4 Å². The lowest BCUT2D eigenvalue weighted by atomic mass is 10.0. The second-order valence-electron chi connectivity index (χ2n) is 3.94. The van der Waals surface area contributed by atoms with E-state index in [9.17, 15) is 4.79 Å². The van der Waals surface area contributed by atoms with Crippen LogP contribution in [0.1, 0.15) is 31.0 Å². The molecule has 0 bridgehead atoms. The highest BCUT2D eigenvalue weighted by Gasteiger charge is 2.15. The van der Waals surface area contributed by atoms with Crippen LogP contribution in [0.15, 0.2) is 24.3 Å². The molecule has 0 aliphatic carbocycles. The Morgan fingerprint density at radius 1 is 1.38 bits per heavy atom. The molecule has 1 rings (SSSR count). The molecule has 3 nitrogen and oxygen atoms in total. The van der Waals surface area contributed by atoms with Crippen molar-refractivity contribution in [2.45, 2.75) is 26.8 Å². The van der Waals surface area contributed by atoms with Gasteiger partial charge in [0.25, 0.3) is 0 Å². The summed E-state index contributed by atoms with van der Waals surface area (Å²) in [6.45, 7) is 5.52. The first-order valence-corrected chi connectivity index (χ1v) is 5.31. The van der Waals surface area contributed by atoms with Gasteiger partial charge in [0.05, 0.1) is 12.1 Å². The Balaban J connectivity index is 2.74. The van der Waals surface area contributed by atoms with Crippen molar-refractivity contribution >= 4 is 5.91 Å². The van der Waals surface area contributed by atoms with Gasteiger partial charge in [-0.05, 0) is 31.9 Å². The summed E-state index contributed by atoms with van der Waals surface area (Å²) in [7, 11) is 0. The summed E-state index contributed by atoms with van der Waals surface area (Å²) >= 11 is 0. The lowest BCUT2D eigenvalue weighted by molar-refractivity contribution is -0.123. The van der Waals surface area contributed by atoms with E-state index in [1.165, 1.54) is 0 Å². The first-order chi connectivity index (χ1) is 7.56. The highest BCUT2D eigenvalue weighted by molar-refractivity contribution is 5.81. The third kappa shape index (κ3) is 2.83. The van der Waals surface area contributed by atoms with Crippen molar-refractivity contribution in [2.24, 2.45) is 5.92 Å². The fraction of sp³-hybridized carbons (Fsp3) is 0.385. The molecule has 0 spiro atoms. The molecule has 0 fully saturated rings. The number of benzene rings is 1. The summed E-state index contributed by atoms with van der Waals surface area (Å²) in [5.74, 6) is -0.829. The topological polar surface area (TPSA) is 52.9 Å². The van der Waals surface area contributed by atoms with E-state index in [-0.39, 0.29) is 11.9 Å². The molecule has 3 heteroatoms. The molecule has 0 aromatic heterocycles. The van der Waals surface area contributed by atoms with Crippen molar-refractivity contribution < 1.29 is 4.79 Å². The van der Waals surface area contributed by atoms with E-state index in [0.29, 0.717) is 0 Å². The molecule has 0 radical (unpaired) electrons. The van der Waals surface area contributed by atoms with Crippen LogP contribution in [-0.2, 0) is 4.79 Å². The number of carbonyl (C=O) groups is 1. The first-order valence-electron chi connectivity index (χ1n) is 5.31. The van der Waals surface area contributed by atoms with Crippen LogP contribution in [0, 0.1) is 24.2 Å². The van der Waals surface area contributed by atoms with Crippen LogP contribution < -0.4 is 5.32 Å². The fourth-order valence-electron chi connectivity index (χ4n) is 1.55. The molecule has 1 aromatic carbocycles. The smallest absolute Gasteiger partial charge is 0.237 e. The van der Waals surface area contributed by atoms with Gasteiger partial charge in [-0.25, -0.2) is 0 Å². The number of rotatable bonds is 3. The third-order valence-corrected chi connectivity index (χ3v) is 2.60. The van der Waals surface area contributed by atoms with Crippen LogP contribution in [-0.4, -0.2) is 5.91 Å². The molecule has 1 N–H and O–H groups in total. The number of hydrogen-bond acceptors (Lipinski definition) is 2. The van der Waals surface area contributed by atoms with Crippen LogP contribution in [0.4, 0.5) is 0 Å². The van der Waals surface area contributed by atoms with Crippen LogP contribution in [0.5, 0.6) is 0 Å². The first kappa shape index (κ1) is 12.3. The largest absolute Gasteiger partial charge is 0.348 e. The van der Waals surface area contributed by atoms with E-state index in [2.05, 4.69) is 5.32 Å². The maximum Gasteiger partial charge on any atom is 0.237 e. The van der Waals surface area contributed by atoms with Gasteiger partial charge in [0.2, 0.25) is 5.91 Å². The zero-order valence-electron chi connectivity index (χ0n) is 9.82. The highest BCUT2D eigenvalue weighted by Crippen LogP contribution is 2.16. The summed E-state index contributed by atoms with van der Waals surface area (Å²) in [6, 6.07) is 9.75. The molecule has 0 aliphatic rings. The number of aryl methyl sites for hydroxylation is 1. The standard InChI is InChI=1S/C13H16N2O/c1-9-6-4-5-7-12(9)11(3)15-13(16)10(2)8-14/h4-7,10-11H,1-3H3,(H,15,16)/t10-,11+/m1/s1. The minimum absolute atomic E-state index is 0.0653. The number of nitrogens with zero attached hydrogens (tertiary/aromatic N) is 1. The van der Waals surface area contributed by atoms with Crippen molar-refractivity contribution in [3.8, 4) is 6.07 Å². The zero-order chi connectivity index (χ0) is 12.1. The second-order valence-corrected chi connectivity index (χ2v) is 3.94.